The van der Waals surface area contributed by atoms with Gasteiger partial charge in [-0.15, -0.1) is 11.3 Å². The second kappa shape index (κ2) is 3.09. The predicted octanol–water partition coefficient (Wildman–Crippen LogP) is 1.21. The summed E-state index contributed by atoms with van der Waals surface area (Å²) in [6, 6.07) is 0. The lowest BCUT2D eigenvalue weighted by molar-refractivity contribution is 0.943. The van der Waals surface area contributed by atoms with Crippen molar-refractivity contribution < 1.29 is 0 Å². The van der Waals surface area contributed by atoms with Crippen LogP contribution in [0.3, 0.4) is 0 Å². The highest BCUT2D eigenvalue weighted by Gasteiger charge is 2.10. The molecule has 0 atom stereocenters. The van der Waals surface area contributed by atoms with Crippen LogP contribution in [-0.2, 0) is 6.42 Å². The lowest BCUT2D eigenvalue weighted by Crippen LogP contribution is -2.20. The Labute approximate surface area is 85.0 Å². The summed E-state index contributed by atoms with van der Waals surface area (Å²) in [7, 11) is 0. The molecule has 2 aromatic heterocycles. The van der Waals surface area contributed by atoms with E-state index in [0.717, 1.165) is 17.1 Å². The first-order valence-corrected chi connectivity index (χ1v) is 5.28. The Kier molecular flexibility index (Phi) is 2.03. The number of fused-ring (bicyclic) bond motifs is 1. The summed E-state index contributed by atoms with van der Waals surface area (Å²) in [6.07, 6.45) is 0.810. The van der Waals surface area contributed by atoms with Crippen LogP contribution in [0, 0.1) is 6.92 Å². The molecule has 14 heavy (non-hydrogen) atoms. The minimum atomic E-state index is -0.148. The van der Waals surface area contributed by atoms with Crippen molar-refractivity contribution in [2.24, 2.45) is 0 Å². The molecule has 5 heteroatoms. The zero-order chi connectivity index (χ0) is 10.3. The smallest absolute Gasteiger partial charge is 0.282 e. The van der Waals surface area contributed by atoms with Crippen molar-refractivity contribution in [1.29, 1.82) is 0 Å². The molecule has 0 spiro atoms. The molecule has 0 saturated carbocycles. The Bertz CT molecular complexity index is 541. The van der Waals surface area contributed by atoms with Crippen molar-refractivity contribution in [2.45, 2.75) is 20.3 Å². The molecule has 2 rings (SSSR count). The minimum Gasteiger partial charge on any atom is -0.393 e. The normalized spacial score (nSPS) is 11.0. The van der Waals surface area contributed by atoms with Gasteiger partial charge in [0, 0.05) is 11.1 Å². The van der Waals surface area contributed by atoms with Crippen molar-refractivity contribution >= 4 is 22.0 Å². The Hall–Kier alpha value is -1.36. The quantitative estimate of drug-likeness (QED) is 0.768. The van der Waals surface area contributed by atoms with E-state index in [0.29, 0.717) is 5.69 Å². The van der Waals surface area contributed by atoms with Crippen LogP contribution in [-0.4, -0.2) is 9.38 Å². The van der Waals surface area contributed by atoms with Gasteiger partial charge in [0.25, 0.3) is 5.56 Å². The first-order chi connectivity index (χ1) is 6.65. The monoisotopic (exact) mass is 209 g/mol. The van der Waals surface area contributed by atoms with E-state index in [4.69, 9.17) is 5.73 Å². The molecule has 0 aliphatic heterocycles. The number of nitrogen functional groups attached to an aromatic ring is 1. The maximum atomic E-state index is 11.8. The zero-order valence-corrected chi connectivity index (χ0v) is 8.89. The molecule has 0 amide bonds. The molecule has 0 aliphatic rings. The van der Waals surface area contributed by atoms with Crippen LogP contribution in [0.1, 0.15) is 18.3 Å². The van der Waals surface area contributed by atoms with E-state index in [9.17, 15) is 4.79 Å². The van der Waals surface area contributed by atoms with Crippen LogP contribution in [0.25, 0.3) is 4.96 Å². The van der Waals surface area contributed by atoms with Crippen LogP contribution in [0.4, 0.5) is 5.69 Å². The first kappa shape index (κ1) is 9.21. The topological polar surface area (TPSA) is 60.4 Å². The second-order valence-electron chi connectivity index (χ2n) is 3.11. The summed E-state index contributed by atoms with van der Waals surface area (Å²) in [6.45, 7) is 3.76. The number of nitrogens with zero attached hydrogens (tertiary/aromatic N) is 2. The molecule has 0 aromatic carbocycles. The number of thiazole rings is 1. The summed E-state index contributed by atoms with van der Waals surface area (Å²) in [5.41, 5.74) is 7.32. The van der Waals surface area contributed by atoms with Crippen LogP contribution < -0.4 is 11.3 Å². The summed E-state index contributed by atoms with van der Waals surface area (Å²) < 4.78 is 1.59. The molecule has 2 aromatic rings. The fourth-order valence-electron chi connectivity index (χ4n) is 1.36. The van der Waals surface area contributed by atoms with E-state index in [1.165, 1.54) is 11.3 Å². The highest BCUT2D eigenvalue weighted by molar-refractivity contribution is 7.15. The Morgan fingerprint density at radius 3 is 3.00 bits per heavy atom. The number of aryl methyl sites for hydroxylation is 2. The van der Waals surface area contributed by atoms with Gasteiger partial charge in [-0.1, -0.05) is 6.92 Å². The van der Waals surface area contributed by atoms with Crippen LogP contribution in [0.5, 0.6) is 0 Å². The van der Waals surface area contributed by atoms with Crippen molar-refractivity contribution in [3.8, 4) is 0 Å². The molecule has 4 nitrogen and oxygen atoms in total. The largest absolute Gasteiger partial charge is 0.393 e. The predicted molar refractivity (Wildman–Crippen MR) is 57.9 cm³/mol. The van der Waals surface area contributed by atoms with Gasteiger partial charge in [-0.3, -0.25) is 9.20 Å². The van der Waals surface area contributed by atoms with Crippen molar-refractivity contribution in [3.05, 3.63) is 27.1 Å². The summed E-state index contributed by atoms with van der Waals surface area (Å²) in [5, 5.41) is 1.95. The first-order valence-electron chi connectivity index (χ1n) is 4.40. The molecule has 74 valence electrons. The Morgan fingerprint density at radius 1 is 1.64 bits per heavy atom. The number of rotatable bonds is 1. The maximum Gasteiger partial charge on any atom is 0.282 e. The molecule has 0 radical (unpaired) electrons. The molecular formula is C9H11N3OS. The van der Waals surface area contributed by atoms with E-state index in [2.05, 4.69) is 4.98 Å². The molecule has 0 unspecified atom stereocenters. The summed E-state index contributed by atoms with van der Waals surface area (Å²) in [5.74, 6) is 0. The third kappa shape index (κ3) is 1.13. The molecular weight excluding hydrogens is 198 g/mol. The van der Waals surface area contributed by atoms with Gasteiger partial charge in [0.05, 0.1) is 5.69 Å². The third-order valence-electron chi connectivity index (χ3n) is 2.23. The van der Waals surface area contributed by atoms with Gasteiger partial charge >= 0.3 is 0 Å². The van der Waals surface area contributed by atoms with Gasteiger partial charge in [-0.05, 0) is 13.3 Å². The second-order valence-corrected chi connectivity index (χ2v) is 3.95. The molecule has 2 heterocycles. The average Bonchev–Trinajstić information content (AvgIpc) is 2.57. The van der Waals surface area contributed by atoms with Gasteiger partial charge in [0.15, 0.2) is 4.96 Å². The number of hydrogen-bond donors (Lipinski definition) is 1. The Morgan fingerprint density at radius 2 is 2.36 bits per heavy atom. The van der Waals surface area contributed by atoms with Crippen LogP contribution >= 0.6 is 11.3 Å². The zero-order valence-electron chi connectivity index (χ0n) is 8.07. The molecule has 2 N–H and O–H groups in total. The van der Waals surface area contributed by atoms with E-state index >= 15 is 0 Å². The lowest BCUT2D eigenvalue weighted by Gasteiger charge is -2.01. The van der Waals surface area contributed by atoms with Crippen molar-refractivity contribution in [2.75, 3.05) is 5.73 Å². The summed E-state index contributed by atoms with van der Waals surface area (Å²) in [4.78, 5) is 16.8. The van der Waals surface area contributed by atoms with Gasteiger partial charge in [0.2, 0.25) is 0 Å². The van der Waals surface area contributed by atoms with Crippen molar-refractivity contribution in [1.82, 2.24) is 9.38 Å². The SMILES string of the molecule is CCc1csc2nc(C)c(N)c(=O)n12. The fourth-order valence-corrected chi connectivity index (χ4v) is 2.37. The lowest BCUT2D eigenvalue weighted by atomic mass is 10.3. The molecule has 0 saturated heterocycles. The number of anilines is 1. The van der Waals surface area contributed by atoms with Crippen LogP contribution in [0.2, 0.25) is 0 Å². The van der Waals surface area contributed by atoms with E-state index in [1.807, 2.05) is 12.3 Å². The average molecular weight is 209 g/mol. The standard InChI is InChI=1S/C9H11N3OS/c1-3-6-4-14-9-11-5(2)7(10)8(13)12(6)9/h4H,3,10H2,1-2H3. The number of aromatic nitrogens is 2. The minimum absolute atomic E-state index is 0.148. The maximum absolute atomic E-state index is 11.8. The van der Waals surface area contributed by atoms with E-state index in [1.54, 1.807) is 11.3 Å². The fraction of sp³-hybridized carbons (Fsp3) is 0.333. The van der Waals surface area contributed by atoms with E-state index in [-0.39, 0.29) is 11.2 Å². The third-order valence-corrected chi connectivity index (χ3v) is 3.10. The van der Waals surface area contributed by atoms with Gasteiger partial charge in [-0.2, -0.15) is 0 Å². The van der Waals surface area contributed by atoms with Gasteiger partial charge < -0.3 is 5.73 Å². The molecule has 0 aliphatic carbocycles. The van der Waals surface area contributed by atoms with Gasteiger partial charge in [0.1, 0.15) is 5.69 Å². The molecule has 0 fully saturated rings. The van der Waals surface area contributed by atoms with Crippen molar-refractivity contribution in [3.63, 3.8) is 0 Å². The Balaban J connectivity index is 2.96. The van der Waals surface area contributed by atoms with E-state index < -0.39 is 0 Å². The highest BCUT2D eigenvalue weighted by atomic mass is 32.1. The molecule has 0 bridgehead atoms. The van der Waals surface area contributed by atoms with Gasteiger partial charge in [-0.25, -0.2) is 4.98 Å². The summed E-state index contributed by atoms with van der Waals surface area (Å²) >= 11 is 1.47. The number of hydrogen-bond acceptors (Lipinski definition) is 4. The van der Waals surface area contributed by atoms with Crippen LogP contribution in [0.15, 0.2) is 10.2 Å². The highest BCUT2D eigenvalue weighted by Crippen LogP contribution is 2.14. The number of nitrogens with two attached hydrogens (primary N) is 1.